The topological polar surface area (TPSA) is 69.9 Å². The van der Waals surface area contributed by atoms with Crippen LogP contribution in [0, 0.1) is 6.92 Å². The van der Waals surface area contributed by atoms with Gasteiger partial charge in [-0.3, -0.25) is 9.36 Å². The highest BCUT2D eigenvalue weighted by atomic mass is 32.2. The lowest BCUT2D eigenvalue weighted by atomic mass is 10.1. The number of hydrogen-bond acceptors (Lipinski definition) is 6. The number of carbonyl (C=O) groups is 1. The fourth-order valence-corrected chi connectivity index (χ4v) is 3.71. The van der Waals surface area contributed by atoms with Crippen molar-refractivity contribution in [3.05, 3.63) is 90.2 Å². The molecule has 0 fully saturated rings. The van der Waals surface area contributed by atoms with Gasteiger partial charge in [0.2, 0.25) is 0 Å². The number of rotatable bonds is 12. The largest absolute Gasteiger partial charge is 0.497 e. The fourth-order valence-electron chi connectivity index (χ4n) is 3.05. The molecular weight excluding hydrogens is 426 g/mol. The van der Waals surface area contributed by atoms with Crippen LogP contribution in [0.5, 0.6) is 5.75 Å². The lowest BCUT2D eigenvalue weighted by Gasteiger charge is -2.05. The molecule has 32 heavy (non-hydrogen) atoms. The number of nitrogens with zero attached hydrogens (tertiary/aromatic N) is 1. The summed E-state index contributed by atoms with van der Waals surface area (Å²) in [6, 6.07) is 5.64. The lowest BCUT2D eigenvalue weighted by Crippen LogP contribution is -2.09. The van der Waals surface area contributed by atoms with Crippen molar-refractivity contribution in [2.75, 3.05) is 20.3 Å². The molecule has 0 bridgehead atoms. The molecule has 0 amide bonds. The molecule has 1 aromatic heterocycles. The van der Waals surface area contributed by atoms with Gasteiger partial charge in [0.1, 0.15) is 12.4 Å². The van der Waals surface area contributed by atoms with Crippen molar-refractivity contribution < 1.29 is 23.9 Å². The Morgan fingerprint density at radius 1 is 1.25 bits per heavy atom. The Hall–Kier alpha value is -2.84. The molecule has 0 atom stereocenters. The van der Waals surface area contributed by atoms with Gasteiger partial charge in [0.05, 0.1) is 25.0 Å². The van der Waals surface area contributed by atoms with Crippen LogP contribution >= 0.6 is 12.0 Å². The zero-order chi connectivity index (χ0) is 23.3. The summed E-state index contributed by atoms with van der Waals surface area (Å²) >= 11 is 1.13. The molecule has 1 heterocycles. The van der Waals surface area contributed by atoms with E-state index in [4.69, 9.17) is 19.1 Å². The average molecular weight is 456 g/mol. The van der Waals surface area contributed by atoms with Gasteiger partial charge < -0.3 is 9.84 Å². The molecule has 0 saturated carbocycles. The van der Waals surface area contributed by atoms with E-state index in [0.29, 0.717) is 11.5 Å². The zero-order valence-electron chi connectivity index (χ0n) is 18.6. The summed E-state index contributed by atoms with van der Waals surface area (Å²) in [7, 11) is 1.61. The van der Waals surface area contributed by atoms with E-state index in [-0.39, 0.29) is 19.1 Å². The SMILES string of the molecule is C=C\C=C/C(/C=C/C(=O)n1c(C)c(CSOOC/C=C/CO)c2cc(OC)ccc21)=C\C. The number of methoxy groups -OCH3 is 1. The second-order valence-corrected chi connectivity index (χ2v) is 7.27. The minimum Gasteiger partial charge on any atom is -0.497 e. The Bertz CT molecular complexity index is 1050. The van der Waals surface area contributed by atoms with Crippen LogP contribution in [0.25, 0.3) is 10.9 Å². The third-order valence-corrected chi connectivity index (χ3v) is 5.27. The number of aliphatic hydroxyl groups is 1. The van der Waals surface area contributed by atoms with Crippen molar-refractivity contribution in [1.29, 1.82) is 0 Å². The van der Waals surface area contributed by atoms with E-state index in [1.807, 2.05) is 50.3 Å². The number of aliphatic hydroxyl groups excluding tert-OH is 1. The van der Waals surface area contributed by atoms with Crippen molar-refractivity contribution in [1.82, 2.24) is 4.57 Å². The molecule has 170 valence electrons. The number of carbonyl (C=O) groups excluding carboxylic acids is 1. The number of allylic oxidation sites excluding steroid dienone is 7. The van der Waals surface area contributed by atoms with Crippen molar-refractivity contribution in [3.63, 3.8) is 0 Å². The van der Waals surface area contributed by atoms with Crippen LogP contribution < -0.4 is 4.74 Å². The van der Waals surface area contributed by atoms with E-state index in [2.05, 4.69) is 6.58 Å². The van der Waals surface area contributed by atoms with Gasteiger partial charge in [0, 0.05) is 29.2 Å². The summed E-state index contributed by atoms with van der Waals surface area (Å²) in [5, 5.41) is 9.63. The predicted octanol–water partition coefficient (Wildman–Crippen LogP) is 5.49. The van der Waals surface area contributed by atoms with Gasteiger partial charge in [0.15, 0.2) is 0 Å². The summed E-state index contributed by atoms with van der Waals surface area (Å²) in [5.41, 5.74) is 3.48. The van der Waals surface area contributed by atoms with Gasteiger partial charge in [-0.05, 0) is 49.3 Å². The maximum absolute atomic E-state index is 13.1. The van der Waals surface area contributed by atoms with E-state index >= 15 is 0 Å². The lowest BCUT2D eigenvalue weighted by molar-refractivity contribution is -0.179. The molecule has 0 unspecified atom stereocenters. The fraction of sp³-hybridized carbons (Fsp3) is 0.240. The first kappa shape index (κ1) is 25.4. The van der Waals surface area contributed by atoms with Crippen molar-refractivity contribution in [2.24, 2.45) is 0 Å². The normalized spacial score (nSPS) is 12.6. The first-order valence-electron chi connectivity index (χ1n) is 10.1. The highest BCUT2D eigenvalue weighted by Crippen LogP contribution is 2.32. The Kier molecular flexibility index (Phi) is 10.8. The number of hydrogen-bond donors (Lipinski definition) is 1. The molecule has 0 aliphatic heterocycles. The van der Waals surface area contributed by atoms with Crippen LogP contribution in [0.2, 0.25) is 0 Å². The summed E-state index contributed by atoms with van der Waals surface area (Å²) in [4.78, 5) is 18.2. The molecule has 0 saturated heterocycles. The molecular formula is C25H29NO5S. The smallest absolute Gasteiger partial charge is 0.255 e. The molecule has 0 spiro atoms. The maximum Gasteiger partial charge on any atom is 0.255 e. The van der Waals surface area contributed by atoms with Gasteiger partial charge in [-0.2, -0.15) is 4.33 Å². The third kappa shape index (κ3) is 6.83. The molecule has 2 aromatic rings. The number of fused-ring (bicyclic) bond motifs is 1. The minimum absolute atomic E-state index is 0.0421. The van der Waals surface area contributed by atoms with Gasteiger partial charge in [-0.25, -0.2) is 4.89 Å². The summed E-state index contributed by atoms with van der Waals surface area (Å²) < 4.78 is 12.2. The van der Waals surface area contributed by atoms with Crippen LogP contribution in [0.15, 0.2) is 79.0 Å². The van der Waals surface area contributed by atoms with Gasteiger partial charge >= 0.3 is 0 Å². The monoisotopic (exact) mass is 455 g/mol. The maximum atomic E-state index is 13.1. The third-order valence-electron chi connectivity index (χ3n) is 4.67. The van der Waals surface area contributed by atoms with Crippen LogP contribution in [0.3, 0.4) is 0 Å². The zero-order valence-corrected chi connectivity index (χ0v) is 19.4. The molecule has 0 aliphatic rings. The minimum atomic E-state index is -0.147. The molecule has 7 heteroatoms. The Labute approximate surface area is 193 Å². The van der Waals surface area contributed by atoms with E-state index in [9.17, 15) is 4.79 Å². The number of benzene rings is 1. The van der Waals surface area contributed by atoms with E-state index in [1.54, 1.807) is 42.1 Å². The van der Waals surface area contributed by atoms with Gasteiger partial charge in [-0.15, -0.1) is 0 Å². The van der Waals surface area contributed by atoms with E-state index in [1.165, 1.54) is 0 Å². The quantitative estimate of drug-likeness (QED) is 0.0868. The van der Waals surface area contributed by atoms with Crippen LogP contribution in [0.4, 0.5) is 0 Å². The summed E-state index contributed by atoms with van der Waals surface area (Å²) in [6.07, 6.45) is 13.9. The van der Waals surface area contributed by atoms with Crippen LogP contribution in [-0.4, -0.2) is 35.9 Å². The average Bonchev–Trinajstić information content (AvgIpc) is 3.08. The predicted molar refractivity (Wildman–Crippen MR) is 131 cm³/mol. The molecule has 1 aromatic carbocycles. The van der Waals surface area contributed by atoms with Crippen molar-refractivity contribution >= 4 is 28.9 Å². The standard InChI is InChI=1S/C25H29NO5S/c1-5-7-10-20(6-2)11-14-25(28)26-19(3)23(18-32-31-30-16-9-8-15-27)22-17-21(29-4)12-13-24(22)26/h5-14,17,27H,1,15-16,18H2,2-4H3/b9-8+,10-7-,14-11+,20-6+. The molecule has 0 radical (unpaired) electrons. The van der Waals surface area contributed by atoms with Crippen LogP contribution in [0.1, 0.15) is 23.0 Å². The summed E-state index contributed by atoms with van der Waals surface area (Å²) in [5.74, 6) is 1.04. The Morgan fingerprint density at radius 3 is 2.75 bits per heavy atom. The molecule has 1 N–H and O–H groups in total. The van der Waals surface area contributed by atoms with Crippen molar-refractivity contribution in [3.8, 4) is 5.75 Å². The highest BCUT2D eigenvalue weighted by Gasteiger charge is 2.18. The highest BCUT2D eigenvalue weighted by molar-refractivity contribution is 7.93. The molecule has 6 nitrogen and oxygen atoms in total. The van der Waals surface area contributed by atoms with Gasteiger partial charge in [-0.1, -0.05) is 43.0 Å². The van der Waals surface area contributed by atoms with E-state index < -0.39 is 0 Å². The Balaban J connectivity index is 2.30. The first-order valence-corrected chi connectivity index (χ1v) is 11.0. The second-order valence-electron chi connectivity index (χ2n) is 6.61. The molecule has 0 aliphatic carbocycles. The number of aromatic nitrogens is 1. The van der Waals surface area contributed by atoms with Crippen LogP contribution in [-0.2, 0) is 15.0 Å². The van der Waals surface area contributed by atoms with Gasteiger partial charge in [0.25, 0.3) is 5.91 Å². The summed E-state index contributed by atoms with van der Waals surface area (Å²) in [6.45, 7) is 7.68. The van der Waals surface area contributed by atoms with Crippen molar-refractivity contribution in [2.45, 2.75) is 19.6 Å². The Morgan fingerprint density at radius 2 is 2.06 bits per heavy atom. The number of ether oxygens (including phenoxy) is 1. The second kappa shape index (κ2) is 13.5. The molecule has 2 rings (SSSR count). The first-order chi connectivity index (χ1) is 15.6. The van der Waals surface area contributed by atoms with E-state index in [0.717, 1.165) is 39.8 Å².